The predicted molar refractivity (Wildman–Crippen MR) is 102 cm³/mol. The van der Waals surface area contributed by atoms with E-state index in [0.717, 1.165) is 48.6 Å². The van der Waals surface area contributed by atoms with Gasteiger partial charge >= 0.3 is 0 Å². The highest BCUT2D eigenvalue weighted by Gasteiger charge is 2.19. The molecule has 1 aliphatic heterocycles. The van der Waals surface area contributed by atoms with Crippen molar-refractivity contribution >= 4 is 17.3 Å². The second kappa shape index (κ2) is 8.47. The number of anilines is 1. The first-order valence-corrected chi connectivity index (χ1v) is 8.81. The topological polar surface area (TPSA) is 41.9 Å². The molecule has 0 N–H and O–H groups in total. The van der Waals surface area contributed by atoms with Crippen LogP contribution in [0.5, 0.6) is 5.75 Å². The molecule has 0 aromatic heterocycles. The highest BCUT2D eigenvalue weighted by molar-refractivity contribution is 6.07. The number of nitrogens with zero attached hydrogens (tertiary/aromatic N) is 2. The zero-order chi connectivity index (χ0) is 17.5. The van der Waals surface area contributed by atoms with Crippen LogP contribution < -0.4 is 9.64 Å². The van der Waals surface area contributed by atoms with Gasteiger partial charge in [0.25, 0.3) is 0 Å². The molecule has 0 radical (unpaired) electrons. The van der Waals surface area contributed by atoms with E-state index in [4.69, 9.17) is 9.73 Å². The number of Topliss-reactive ketones (excluding diaryl/α,β-unsaturated/α-hetero) is 1. The Hall–Kier alpha value is -2.62. The van der Waals surface area contributed by atoms with Gasteiger partial charge in [0.15, 0.2) is 5.78 Å². The summed E-state index contributed by atoms with van der Waals surface area (Å²) in [5.74, 6) is 1.91. The number of benzene rings is 2. The largest absolute Gasteiger partial charge is 0.497 e. The van der Waals surface area contributed by atoms with E-state index in [1.54, 1.807) is 7.11 Å². The number of amidine groups is 1. The number of carbonyl (C=O) groups is 1. The third kappa shape index (κ3) is 4.47. The molecule has 0 saturated heterocycles. The average molecular weight is 336 g/mol. The Morgan fingerprint density at radius 2 is 1.80 bits per heavy atom. The molecule has 1 heterocycles. The third-order valence-corrected chi connectivity index (χ3v) is 4.45. The molecule has 0 unspecified atom stereocenters. The molecule has 0 atom stereocenters. The number of aliphatic imine (C=N–C) groups is 1. The van der Waals surface area contributed by atoms with Crippen molar-refractivity contribution in [1.82, 2.24) is 0 Å². The van der Waals surface area contributed by atoms with Crippen molar-refractivity contribution in [2.75, 3.05) is 25.1 Å². The van der Waals surface area contributed by atoms with Gasteiger partial charge in [0.2, 0.25) is 0 Å². The smallest absolute Gasteiger partial charge is 0.182 e. The summed E-state index contributed by atoms with van der Waals surface area (Å²) in [6.07, 6.45) is 4.34. The summed E-state index contributed by atoms with van der Waals surface area (Å²) in [5, 5.41) is 0. The Morgan fingerprint density at radius 1 is 1.04 bits per heavy atom. The number of rotatable bonds is 5. The molecule has 2 aromatic carbocycles. The zero-order valence-electron chi connectivity index (χ0n) is 14.6. The first kappa shape index (κ1) is 17.2. The van der Waals surface area contributed by atoms with Gasteiger partial charge in [0, 0.05) is 24.2 Å². The number of hydrogen-bond acceptors (Lipinski definition) is 4. The first-order chi connectivity index (χ1) is 12.3. The standard InChI is InChI=1S/C21H24N2O2/c1-25-19-13-11-18(12-14-19)23(21-10-6-3-7-15-22-21)16-20(24)17-8-4-2-5-9-17/h2,4-5,8-9,11-14H,3,6-7,10,15-16H2,1H3. The van der Waals surface area contributed by atoms with Crippen LogP contribution in [0.1, 0.15) is 36.0 Å². The number of hydrogen-bond donors (Lipinski definition) is 0. The summed E-state index contributed by atoms with van der Waals surface area (Å²) in [7, 11) is 1.65. The van der Waals surface area contributed by atoms with E-state index < -0.39 is 0 Å². The summed E-state index contributed by atoms with van der Waals surface area (Å²) in [5.41, 5.74) is 1.71. The second-order valence-corrected chi connectivity index (χ2v) is 6.18. The van der Waals surface area contributed by atoms with Gasteiger partial charge in [-0.2, -0.15) is 0 Å². The molecular weight excluding hydrogens is 312 g/mol. The summed E-state index contributed by atoms with van der Waals surface area (Å²) < 4.78 is 5.25. The molecule has 4 nitrogen and oxygen atoms in total. The van der Waals surface area contributed by atoms with E-state index >= 15 is 0 Å². The van der Waals surface area contributed by atoms with Crippen molar-refractivity contribution in [1.29, 1.82) is 0 Å². The van der Waals surface area contributed by atoms with Gasteiger partial charge in [0.05, 0.1) is 13.7 Å². The van der Waals surface area contributed by atoms with Crippen molar-refractivity contribution in [3.8, 4) is 5.75 Å². The Labute approximate surface area is 149 Å². The van der Waals surface area contributed by atoms with E-state index in [-0.39, 0.29) is 5.78 Å². The van der Waals surface area contributed by atoms with Crippen LogP contribution in [0.15, 0.2) is 59.6 Å². The monoisotopic (exact) mass is 336 g/mol. The van der Waals surface area contributed by atoms with Crippen molar-refractivity contribution < 1.29 is 9.53 Å². The fraction of sp³-hybridized carbons (Fsp3) is 0.333. The van der Waals surface area contributed by atoms with Gasteiger partial charge in [-0.1, -0.05) is 36.8 Å². The van der Waals surface area contributed by atoms with Gasteiger partial charge in [0.1, 0.15) is 11.6 Å². The van der Waals surface area contributed by atoms with Crippen LogP contribution in [0, 0.1) is 0 Å². The molecule has 0 spiro atoms. The lowest BCUT2D eigenvalue weighted by Crippen LogP contribution is -2.35. The Bertz CT molecular complexity index is 723. The first-order valence-electron chi connectivity index (χ1n) is 8.81. The van der Waals surface area contributed by atoms with Gasteiger partial charge in [-0.25, -0.2) is 0 Å². The summed E-state index contributed by atoms with van der Waals surface area (Å²) in [6.45, 7) is 1.14. The fourth-order valence-corrected chi connectivity index (χ4v) is 3.03. The molecule has 2 aromatic rings. The maximum Gasteiger partial charge on any atom is 0.182 e. The molecule has 0 bridgehead atoms. The lowest BCUT2D eigenvalue weighted by Gasteiger charge is -2.26. The van der Waals surface area contributed by atoms with E-state index in [2.05, 4.69) is 4.90 Å². The van der Waals surface area contributed by atoms with Crippen molar-refractivity contribution in [3.63, 3.8) is 0 Å². The molecular formula is C21H24N2O2. The molecule has 25 heavy (non-hydrogen) atoms. The van der Waals surface area contributed by atoms with E-state index in [1.807, 2.05) is 54.6 Å². The van der Waals surface area contributed by atoms with Crippen molar-refractivity contribution in [2.45, 2.75) is 25.7 Å². The molecule has 0 saturated carbocycles. The maximum atomic E-state index is 12.8. The lowest BCUT2D eigenvalue weighted by atomic mass is 10.1. The summed E-state index contributed by atoms with van der Waals surface area (Å²) >= 11 is 0. The Morgan fingerprint density at radius 3 is 2.52 bits per heavy atom. The number of methoxy groups -OCH3 is 1. The number of ketones is 1. The Balaban J connectivity index is 1.87. The highest BCUT2D eigenvalue weighted by atomic mass is 16.5. The molecule has 130 valence electrons. The van der Waals surface area contributed by atoms with Crippen molar-refractivity contribution in [3.05, 3.63) is 60.2 Å². The van der Waals surface area contributed by atoms with Crippen molar-refractivity contribution in [2.24, 2.45) is 4.99 Å². The Kier molecular flexibility index (Phi) is 5.83. The molecule has 0 amide bonds. The molecule has 4 heteroatoms. The van der Waals surface area contributed by atoms with Crippen LogP contribution in [-0.2, 0) is 0 Å². The minimum atomic E-state index is 0.100. The van der Waals surface area contributed by atoms with E-state index in [1.165, 1.54) is 6.42 Å². The van der Waals surface area contributed by atoms with Gasteiger partial charge in [-0.3, -0.25) is 9.79 Å². The van der Waals surface area contributed by atoms with Gasteiger partial charge < -0.3 is 9.64 Å². The highest BCUT2D eigenvalue weighted by Crippen LogP contribution is 2.23. The van der Waals surface area contributed by atoms with Gasteiger partial charge in [-0.05, 0) is 37.1 Å². The summed E-state index contributed by atoms with van der Waals surface area (Å²) in [4.78, 5) is 19.6. The average Bonchev–Trinajstić information content (AvgIpc) is 2.96. The van der Waals surface area contributed by atoms with Crippen LogP contribution in [0.4, 0.5) is 5.69 Å². The van der Waals surface area contributed by atoms with Gasteiger partial charge in [-0.15, -0.1) is 0 Å². The zero-order valence-corrected chi connectivity index (χ0v) is 14.6. The van der Waals surface area contributed by atoms with Crippen LogP contribution in [-0.4, -0.2) is 31.8 Å². The third-order valence-electron chi connectivity index (χ3n) is 4.45. The second-order valence-electron chi connectivity index (χ2n) is 6.18. The lowest BCUT2D eigenvalue weighted by molar-refractivity contribution is 0.100. The molecule has 1 aliphatic rings. The molecule has 0 fully saturated rings. The predicted octanol–water partition coefficient (Wildman–Crippen LogP) is 4.36. The molecule has 0 aliphatic carbocycles. The van der Waals surface area contributed by atoms with E-state index in [9.17, 15) is 4.79 Å². The summed E-state index contributed by atoms with van der Waals surface area (Å²) in [6, 6.07) is 17.3. The van der Waals surface area contributed by atoms with Crippen LogP contribution in [0.2, 0.25) is 0 Å². The van der Waals surface area contributed by atoms with Crippen LogP contribution in [0.25, 0.3) is 0 Å². The fourth-order valence-electron chi connectivity index (χ4n) is 3.03. The van der Waals surface area contributed by atoms with E-state index in [0.29, 0.717) is 6.54 Å². The maximum absolute atomic E-state index is 12.8. The minimum absolute atomic E-state index is 0.100. The number of ether oxygens (including phenoxy) is 1. The number of carbonyl (C=O) groups excluding carboxylic acids is 1. The minimum Gasteiger partial charge on any atom is -0.497 e. The molecule has 3 rings (SSSR count). The SMILES string of the molecule is COc1ccc(N(CC(=O)c2ccccc2)C2=NCCCCC2)cc1. The van der Waals surface area contributed by atoms with Crippen LogP contribution >= 0.6 is 0 Å². The normalized spacial score (nSPS) is 14.4. The quantitative estimate of drug-likeness (QED) is 0.762. The van der Waals surface area contributed by atoms with Crippen LogP contribution in [0.3, 0.4) is 0 Å².